The van der Waals surface area contributed by atoms with Crippen LogP contribution in [0.5, 0.6) is 0 Å². The van der Waals surface area contributed by atoms with Gasteiger partial charge in [-0.15, -0.1) is 0 Å². The lowest BCUT2D eigenvalue weighted by Gasteiger charge is -2.18. The van der Waals surface area contributed by atoms with Crippen molar-refractivity contribution in [3.63, 3.8) is 0 Å². The Bertz CT molecular complexity index is 412. The van der Waals surface area contributed by atoms with E-state index in [1.54, 1.807) is 6.07 Å². The first-order chi connectivity index (χ1) is 7.35. The van der Waals surface area contributed by atoms with Gasteiger partial charge < -0.3 is 10.6 Å². The smallest absolute Gasteiger partial charge is 0.123 e. The predicted octanol–water partition coefficient (Wildman–Crippen LogP) is 2.34. The van der Waals surface area contributed by atoms with E-state index in [1.165, 1.54) is 6.07 Å². The van der Waals surface area contributed by atoms with Crippen LogP contribution in [-0.2, 0) is 0 Å². The fourth-order valence-electron chi connectivity index (χ4n) is 2.45. The van der Waals surface area contributed by atoms with Crippen molar-refractivity contribution in [3.05, 3.63) is 29.6 Å². The number of halogens is 1. The Balaban J connectivity index is 2.44. The molecule has 0 radical (unpaired) electrons. The molecule has 1 fully saturated rings. The van der Waals surface area contributed by atoms with Gasteiger partial charge in [0.1, 0.15) is 5.82 Å². The van der Waals surface area contributed by atoms with Crippen LogP contribution in [-0.4, -0.2) is 20.1 Å². The van der Waals surface area contributed by atoms with Gasteiger partial charge in [-0.05, 0) is 29.2 Å². The Labute approximate surface area is 96.2 Å². The number of benzene rings is 1. The third kappa shape index (κ3) is 1.59. The van der Waals surface area contributed by atoms with Gasteiger partial charge in [-0.2, -0.15) is 0 Å². The summed E-state index contributed by atoms with van der Waals surface area (Å²) in [6.07, 6.45) is 0. The molecule has 0 aromatic heterocycles. The third-order valence-electron chi connectivity index (χ3n) is 3.72. The van der Waals surface area contributed by atoms with Crippen LogP contribution >= 0.6 is 0 Å². The van der Waals surface area contributed by atoms with Crippen molar-refractivity contribution >= 4 is 5.69 Å². The summed E-state index contributed by atoms with van der Waals surface area (Å²) in [5.41, 5.74) is 8.23. The summed E-state index contributed by atoms with van der Waals surface area (Å²) in [4.78, 5) is 2.01. The van der Waals surface area contributed by atoms with Gasteiger partial charge in [-0.25, -0.2) is 4.39 Å². The molecular formula is C13H19FN2. The average Bonchev–Trinajstić information content (AvgIpc) is 2.65. The summed E-state index contributed by atoms with van der Waals surface area (Å²) in [5.74, 6) is 0.0797. The molecule has 0 aliphatic heterocycles. The van der Waals surface area contributed by atoms with Gasteiger partial charge in [0.05, 0.1) is 0 Å². The molecular weight excluding hydrogens is 203 g/mol. The Morgan fingerprint density at radius 1 is 1.31 bits per heavy atom. The van der Waals surface area contributed by atoms with E-state index in [1.807, 2.05) is 25.1 Å². The summed E-state index contributed by atoms with van der Waals surface area (Å²) >= 11 is 0. The molecule has 16 heavy (non-hydrogen) atoms. The van der Waals surface area contributed by atoms with E-state index in [9.17, 15) is 4.39 Å². The van der Waals surface area contributed by atoms with Gasteiger partial charge >= 0.3 is 0 Å². The first-order valence-electron chi connectivity index (χ1n) is 5.58. The quantitative estimate of drug-likeness (QED) is 0.832. The van der Waals surface area contributed by atoms with Crippen molar-refractivity contribution in [2.75, 3.05) is 19.0 Å². The van der Waals surface area contributed by atoms with E-state index in [2.05, 4.69) is 13.8 Å². The Morgan fingerprint density at radius 2 is 1.88 bits per heavy atom. The fraction of sp³-hybridized carbons (Fsp3) is 0.538. The summed E-state index contributed by atoms with van der Waals surface area (Å²) in [7, 11) is 3.94. The highest BCUT2D eigenvalue weighted by atomic mass is 19.1. The molecule has 2 nitrogen and oxygen atoms in total. The second-order valence-electron chi connectivity index (χ2n) is 5.42. The maximum Gasteiger partial charge on any atom is 0.123 e. The normalized spacial score (nSPS) is 26.6. The Kier molecular flexibility index (Phi) is 2.46. The van der Waals surface area contributed by atoms with Gasteiger partial charge in [0.2, 0.25) is 0 Å². The second kappa shape index (κ2) is 3.45. The maximum atomic E-state index is 13.3. The van der Waals surface area contributed by atoms with Crippen molar-refractivity contribution in [1.29, 1.82) is 0 Å². The molecule has 0 spiro atoms. The van der Waals surface area contributed by atoms with Crippen LogP contribution in [0.15, 0.2) is 18.2 Å². The molecule has 0 heterocycles. The first-order valence-corrected chi connectivity index (χ1v) is 5.58. The molecule has 88 valence electrons. The van der Waals surface area contributed by atoms with Crippen molar-refractivity contribution in [2.24, 2.45) is 11.1 Å². The van der Waals surface area contributed by atoms with Gasteiger partial charge in [0.15, 0.2) is 0 Å². The summed E-state index contributed by atoms with van der Waals surface area (Å²) < 4.78 is 13.3. The molecule has 1 aliphatic rings. The minimum atomic E-state index is -0.185. The number of nitrogens with zero attached hydrogens (tertiary/aromatic N) is 1. The molecule has 0 unspecified atom stereocenters. The van der Waals surface area contributed by atoms with Crippen LogP contribution in [0.1, 0.15) is 25.3 Å². The minimum absolute atomic E-state index is 0.0819. The Hall–Kier alpha value is -1.09. The molecule has 2 N–H and O–H groups in total. The minimum Gasteiger partial charge on any atom is -0.377 e. The van der Waals surface area contributed by atoms with E-state index >= 15 is 0 Å². The van der Waals surface area contributed by atoms with Crippen molar-refractivity contribution in [3.8, 4) is 0 Å². The van der Waals surface area contributed by atoms with Crippen molar-refractivity contribution < 1.29 is 4.39 Å². The topological polar surface area (TPSA) is 29.3 Å². The fourth-order valence-corrected chi connectivity index (χ4v) is 2.45. The molecule has 0 saturated heterocycles. The molecule has 3 heteroatoms. The van der Waals surface area contributed by atoms with Gasteiger partial charge in [0, 0.05) is 31.7 Å². The van der Waals surface area contributed by atoms with E-state index in [4.69, 9.17) is 5.73 Å². The monoisotopic (exact) mass is 222 g/mol. The largest absolute Gasteiger partial charge is 0.377 e. The molecule has 2 atom stereocenters. The van der Waals surface area contributed by atoms with Crippen molar-refractivity contribution in [1.82, 2.24) is 0 Å². The summed E-state index contributed by atoms with van der Waals surface area (Å²) in [6, 6.07) is 5.08. The van der Waals surface area contributed by atoms with Gasteiger partial charge in [-0.1, -0.05) is 13.8 Å². The van der Waals surface area contributed by atoms with Crippen LogP contribution in [0, 0.1) is 11.2 Å². The lowest BCUT2D eigenvalue weighted by molar-refractivity contribution is 0.594. The zero-order valence-corrected chi connectivity index (χ0v) is 10.3. The number of nitrogens with two attached hydrogens (primary N) is 1. The lowest BCUT2D eigenvalue weighted by atomic mass is 10.0. The lowest BCUT2D eigenvalue weighted by Crippen LogP contribution is -2.12. The highest BCUT2D eigenvalue weighted by molar-refractivity contribution is 5.57. The summed E-state index contributed by atoms with van der Waals surface area (Å²) in [5, 5.41) is 0. The number of rotatable bonds is 2. The molecule has 1 saturated carbocycles. The van der Waals surface area contributed by atoms with Gasteiger partial charge in [-0.3, -0.25) is 0 Å². The van der Waals surface area contributed by atoms with Crippen LogP contribution in [0.2, 0.25) is 0 Å². The third-order valence-corrected chi connectivity index (χ3v) is 3.72. The molecule has 1 aromatic carbocycles. The number of hydrogen-bond acceptors (Lipinski definition) is 2. The number of hydrogen-bond donors (Lipinski definition) is 1. The zero-order chi connectivity index (χ0) is 12.1. The number of anilines is 1. The van der Waals surface area contributed by atoms with Crippen LogP contribution in [0.4, 0.5) is 10.1 Å². The maximum absolute atomic E-state index is 13.3. The van der Waals surface area contributed by atoms with E-state index in [0.717, 1.165) is 11.3 Å². The SMILES string of the molecule is CN(C)c1ccc(F)cc1[C@@H]1[C@@H](N)C1(C)C. The van der Waals surface area contributed by atoms with E-state index < -0.39 is 0 Å². The average molecular weight is 222 g/mol. The van der Waals surface area contributed by atoms with Crippen LogP contribution < -0.4 is 10.6 Å². The highest BCUT2D eigenvalue weighted by Crippen LogP contribution is 2.59. The van der Waals surface area contributed by atoms with E-state index in [-0.39, 0.29) is 23.2 Å². The molecule has 2 rings (SSSR count). The van der Waals surface area contributed by atoms with E-state index in [0.29, 0.717) is 0 Å². The van der Waals surface area contributed by atoms with Crippen molar-refractivity contribution in [2.45, 2.75) is 25.8 Å². The van der Waals surface area contributed by atoms with Gasteiger partial charge in [0.25, 0.3) is 0 Å². The standard InChI is InChI=1S/C13H19FN2/c1-13(2)11(12(13)15)9-7-8(14)5-6-10(9)16(3)4/h5-7,11-12H,15H2,1-4H3/t11-,12-/m1/s1. The molecule has 1 aromatic rings. The molecule has 0 amide bonds. The predicted molar refractivity (Wildman–Crippen MR) is 65.2 cm³/mol. The molecule has 1 aliphatic carbocycles. The zero-order valence-electron chi connectivity index (χ0n) is 10.3. The molecule has 0 bridgehead atoms. The summed E-state index contributed by atoms with van der Waals surface area (Å²) in [6.45, 7) is 4.26. The first kappa shape index (κ1) is 11.4. The van der Waals surface area contributed by atoms with Crippen LogP contribution in [0.3, 0.4) is 0 Å². The Morgan fingerprint density at radius 3 is 2.31 bits per heavy atom. The second-order valence-corrected chi connectivity index (χ2v) is 5.42. The van der Waals surface area contributed by atoms with Crippen LogP contribution in [0.25, 0.3) is 0 Å². The highest BCUT2D eigenvalue weighted by Gasteiger charge is 2.57.